The topological polar surface area (TPSA) is 34.1 Å². The average Bonchev–Trinajstić information content (AvgIpc) is 2.53. The van der Waals surface area contributed by atoms with E-state index >= 15 is 0 Å². The van der Waals surface area contributed by atoms with Crippen LogP contribution in [0.3, 0.4) is 0 Å². The van der Waals surface area contributed by atoms with Gasteiger partial charge in [0.1, 0.15) is 5.75 Å². The smallest absolute Gasteiger partial charge is 0.128 e. The molecule has 1 atom stereocenters. The number of hydrogen-bond acceptors (Lipinski definition) is 3. The number of hydrogen-bond donors (Lipinski definition) is 1. The lowest BCUT2D eigenvalue weighted by atomic mass is 10.1. The first kappa shape index (κ1) is 15.5. The third-order valence-corrected chi connectivity index (χ3v) is 3.83. The largest absolute Gasteiger partial charge is 0.496 e. The van der Waals surface area contributed by atoms with Crippen LogP contribution in [0, 0.1) is 6.92 Å². The molecule has 0 fully saturated rings. The molecular formula is C18H24N2O. The zero-order valence-corrected chi connectivity index (χ0v) is 13.3. The van der Waals surface area contributed by atoms with Crippen LogP contribution in [0.5, 0.6) is 5.75 Å². The van der Waals surface area contributed by atoms with Gasteiger partial charge in [0, 0.05) is 23.8 Å². The van der Waals surface area contributed by atoms with Crippen LogP contribution >= 0.6 is 0 Å². The number of methoxy groups -OCH3 is 1. The molecule has 21 heavy (non-hydrogen) atoms. The van der Waals surface area contributed by atoms with Crippen LogP contribution in [0.1, 0.15) is 31.5 Å². The second kappa shape index (κ2) is 7.23. The first-order chi connectivity index (χ1) is 10.2. The standard InChI is InChI=1S/C18H24N2O/c1-5-13(2)19-12-15-10-11-17(20-14(15)3)16-8-6-7-9-18(16)21-4/h6-11,13,19H,5,12H2,1-4H3. The molecule has 2 aromatic rings. The van der Waals surface area contributed by atoms with Gasteiger partial charge in [-0.2, -0.15) is 0 Å². The summed E-state index contributed by atoms with van der Waals surface area (Å²) < 4.78 is 5.41. The monoisotopic (exact) mass is 284 g/mol. The van der Waals surface area contributed by atoms with Crippen LogP contribution < -0.4 is 10.1 Å². The molecule has 3 heteroatoms. The van der Waals surface area contributed by atoms with Crippen molar-refractivity contribution in [2.75, 3.05) is 7.11 Å². The third-order valence-electron chi connectivity index (χ3n) is 3.83. The predicted octanol–water partition coefficient (Wildman–Crippen LogP) is 3.95. The van der Waals surface area contributed by atoms with Gasteiger partial charge in [0.05, 0.1) is 12.8 Å². The van der Waals surface area contributed by atoms with E-state index in [0.717, 1.165) is 35.7 Å². The maximum Gasteiger partial charge on any atom is 0.128 e. The molecule has 0 aliphatic carbocycles. The fourth-order valence-corrected chi connectivity index (χ4v) is 2.21. The molecule has 1 N–H and O–H groups in total. The van der Waals surface area contributed by atoms with Crippen molar-refractivity contribution in [3.63, 3.8) is 0 Å². The normalized spacial score (nSPS) is 12.2. The average molecular weight is 284 g/mol. The number of rotatable bonds is 6. The lowest BCUT2D eigenvalue weighted by Crippen LogP contribution is -2.24. The second-order valence-corrected chi connectivity index (χ2v) is 5.33. The molecule has 1 aromatic heterocycles. The summed E-state index contributed by atoms with van der Waals surface area (Å²) in [7, 11) is 1.69. The Hall–Kier alpha value is -1.87. The Morgan fingerprint density at radius 3 is 2.62 bits per heavy atom. The first-order valence-electron chi connectivity index (χ1n) is 7.49. The summed E-state index contributed by atoms with van der Waals surface area (Å²) in [6.07, 6.45) is 1.13. The molecule has 0 aliphatic rings. The second-order valence-electron chi connectivity index (χ2n) is 5.33. The SMILES string of the molecule is CCC(C)NCc1ccc(-c2ccccc2OC)nc1C. The number of aromatic nitrogens is 1. The molecule has 0 saturated carbocycles. The van der Waals surface area contributed by atoms with Crippen LogP contribution in [-0.4, -0.2) is 18.1 Å². The van der Waals surface area contributed by atoms with Gasteiger partial charge in [0.2, 0.25) is 0 Å². The van der Waals surface area contributed by atoms with Gasteiger partial charge < -0.3 is 10.1 Å². The van der Waals surface area contributed by atoms with Crippen molar-refractivity contribution >= 4 is 0 Å². The van der Waals surface area contributed by atoms with Gasteiger partial charge >= 0.3 is 0 Å². The molecule has 0 spiro atoms. The van der Waals surface area contributed by atoms with Crippen molar-refractivity contribution in [3.8, 4) is 17.0 Å². The van der Waals surface area contributed by atoms with Crippen molar-refractivity contribution in [1.29, 1.82) is 0 Å². The van der Waals surface area contributed by atoms with Crippen LogP contribution in [0.4, 0.5) is 0 Å². The minimum atomic E-state index is 0.526. The number of nitrogens with zero attached hydrogens (tertiary/aromatic N) is 1. The predicted molar refractivity (Wildman–Crippen MR) is 87.6 cm³/mol. The van der Waals surface area contributed by atoms with Crippen LogP contribution in [-0.2, 0) is 6.54 Å². The van der Waals surface area contributed by atoms with Crippen LogP contribution in [0.15, 0.2) is 36.4 Å². The van der Waals surface area contributed by atoms with E-state index in [2.05, 4.69) is 38.2 Å². The maximum absolute atomic E-state index is 5.41. The molecule has 1 unspecified atom stereocenters. The van der Waals surface area contributed by atoms with Gasteiger partial charge in [-0.1, -0.05) is 25.1 Å². The molecule has 3 nitrogen and oxygen atoms in total. The Kier molecular flexibility index (Phi) is 5.34. The van der Waals surface area contributed by atoms with Crippen LogP contribution in [0.25, 0.3) is 11.3 Å². The summed E-state index contributed by atoms with van der Waals surface area (Å²) in [5.74, 6) is 0.856. The summed E-state index contributed by atoms with van der Waals surface area (Å²) in [6, 6.07) is 12.7. The first-order valence-corrected chi connectivity index (χ1v) is 7.49. The number of para-hydroxylation sites is 1. The quantitative estimate of drug-likeness (QED) is 0.872. The van der Waals surface area contributed by atoms with Crippen molar-refractivity contribution < 1.29 is 4.74 Å². The highest BCUT2D eigenvalue weighted by atomic mass is 16.5. The van der Waals surface area contributed by atoms with E-state index in [9.17, 15) is 0 Å². The fourth-order valence-electron chi connectivity index (χ4n) is 2.21. The van der Waals surface area contributed by atoms with E-state index in [1.807, 2.05) is 24.3 Å². The summed E-state index contributed by atoms with van der Waals surface area (Å²) >= 11 is 0. The van der Waals surface area contributed by atoms with E-state index < -0.39 is 0 Å². The number of benzene rings is 1. The zero-order valence-electron chi connectivity index (χ0n) is 13.3. The summed E-state index contributed by atoms with van der Waals surface area (Å²) in [5, 5.41) is 3.51. The Balaban J connectivity index is 2.22. The Morgan fingerprint density at radius 1 is 1.19 bits per heavy atom. The maximum atomic E-state index is 5.41. The van der Waals surface area contributed by atoms with Crippen molar-refractivity contribution in [1.82, 2.24) is 10.3 Å². The number of nitrogens with one attached hydrogen (secondary N) is 1. The summed E-state index contributed by atoms with van der Waals surface area (Å²) in [6.45, 7) is 7.31. The molecular weight excluding hydrogens is 260 g/mol. The zero-order chi connectivity index (χ0) is 15.2. The van der Waals surface area contributed by atoms with Crippen molar-refractivity contribution in [2.24, 2.45) is 0 Å². The summed E-state index contributed by atoms with van der Waals surface area (Å²) in [5.41, 5.74) is 4.30. The number of aryl methyl sites for hydroxylation is 1. The highest BCUT2D eigenvalue weighted by molar-refractivity contribution is 5.67. The van der Waals surface area contributed by atoms with E-state index in [1.165, 1.54) is 5.56 Å². The van der Waals surface area contributed by atoms with Gasteiger partial charge in [-0.15, -0.1) is 0 Å². The van der Waals surface area contributed by atoms with E-state index in [1.54, 1.807) is 7.11 Å². The molecule has 0 amide bonds. The van der Waals surface area contributed by atoms with Gasteiger partial charge in [-0.25, -0.2) is 0 Å². The highest BCUT2D eigenvalue weighted by Crippen LogP contribution is 2.28. The van der Waals surface area contributed by atoms with Gasteiger partial charge in [0.25, 0.3) is 0 Å². The highest BCUT2D eigenvalue weighted by Gasteiger charge is 2.09. The molecule has 1 aromatic carbocycles. The summed E-state index contributed by atoms with van der Waals surface area (Å²) in [4.78, 5) is 4.74. The lowest BCUT2D eigenvalue weighted by molar-refractivity contribution is 0.416. The number of ether oxygens (including phenoxy) is 1. The molecule has 0 bridgehead atoms. The Morgan fingerprint density at radius 2 is 1.95 bits per heavy atom. The van der Waals surface area contributed by atoms with E-state index in [0.29, 0.717) is 6.04 Å². The molecule has 2 rings (SSSR count). The third kappa shape index (κ3) is 3.82. The number of pyridine rings is 1. The van der Waals surface area contributed by atoms with Gasteiger partial charge in [0.15, 0.2) is 0 Å². The van der Waals surface area contributed by atoms with Crippen molar-refractivity contribution in [2.45, 2.75) is 39.8 Å². The lowest BCUT2D eigenvalue weighted by Gasteiger charge is -2.14. The fraction of sp³-hybridized carbons (Fsp3) is 0.389. The van der Waals surface area contributed by atoms with Crippen LogP contribution in [0.2, 0.25) is 0 Å². The van der Waals surface area contributed by atoms with Crippen molar-refractivity contribution in [3.05, 3.63) is 47.7 Å². The van der Waals surface area contributed by atoms with Gasteiger partial charge in [-0.3, -0.25) is 4.98 Å². The minimum absolute atomic E-state index is 0.526. The Bertz CT molecular complexity index is 596. The molecule has 0 aliphatic heterocycles. The Labute approximate surface area is 127 Å². The van der Waals surface area contributed by atoms with E-state index in [4.69, 9.17) is 9.72 Å². The van der Waals surface area contributed by atoms with E-state index in [-0.39, 0.29) is 0 Å². The minimum Gasteiger partial charge on any atom is -0.496 e. The molecule has 112 valence electrons. The molecule has 0 radical (unpaired) electrons. The molecule has 1 heterocycles. The van der Waals surface area contributed by atoms with Gasteiger partial charge in [-0.05, 0) is 44.0 Å². The molecule has 0 saturated heterocycles.